The van der Waals surface area contributed by atoms with Crippen LogP contribution < -0.4 is 4.74 Å². The van der Waals surface area contributed by atoms with Gasteiger partial charge in [0.25, 0.3) is 0 Å². The van der Waals surface area contributed by atoms with Crippen LogP contribution in [0.25, 0.3) is 0 Å². The second-order valence-corrected chi connectivity index (χ2v) is 14.6. The highest BCUT2D eigenvalue weighted by atomic mass is 16.6. The first-order valence-corrected chi connectivity index (χ1v) is 17.0. The third-order valence-corrected chi connectivity index (χ3v) is 13.6. The van der Waals surface area contributed by atoms with Crippen molar-refractivity contribution in [3.63, 3.8) is 0 Å². The lowest BCUT2D eigenvalue weighted by molar-refractivity contribution is -0.330. The Kier molecular flexibility index (Phi) is 8.30. The highest BCUT2D eigenvalue weighted by Gasteiger charge is 2.91. The number of fused-ring (bicyclic) bond motifs is 2. The van der Waals surface area contributed by atoms with Crippen molar-refractivity contribution in [3.8, 4) is 5.75 Å². The molecule has 1 aromatic rings. The molecule has 5 saturated carbocycles. The normalized spacial score (nSPS) is 49.2. The predicted molar refractivity (Wildman–Crippen MR) is 167 cm³/mol. The zero-order valence-corrected chi connectivity index (χ0v) is 28.5. The molecule has 12 nitrogen and oxygen atoms in total. The third-order valence-electron chi connectivity index (χ3n) is 13.6. The summed E-state index contributed by atoms with van der Waals surface area (Å²) in [4.78, 5) is 16.3. The van der Waals surface area contributed by atoms with Crippen molar-refractivity contribution in [2.75, 3.05) is 61.9 Å². The molecule has 6 fully saturated rings. The summed E-state index contributed by atoms with van der Waals surface area (Å²) >= 11 is 0. The van der Waals surface area contributed by atoms with E-state index in [4.69, 9.17) is 33.2 Å². The molecule has 12 heteroatoms. The highest BCUT2D eigenvalue weighted by Crippen LogP contribution is 2.80. The number of ether oxygens (including phenoxy) is 7. The van der Waals surface area contributed by atoms with Gasteiger partial charge in [0.15, 0.2) is 0 Å². The minimum atomic E-state index is -1.74. The molecule has 262 valence electrons. The maximum Gasteiger partial charge on any atom is 0.338 e. The summed E-state index contributed by atoms with van der Waals surface area (Å²) in [7, 11) is 8.06. The minimum Gasteiger partial charge on any atom is -0.497 e. The van der Waals surface area contributed by atoms with E-state index < -0.39 is 76.5 Å². The Bertz CT molecular complexity index is 1350. The Morgan fingerprint density at radius 2 is 1.70 bits per heavy atom. The van der Waals surface area contributed by atoms with E-state index in [1.54, 1.807) is 52.7 Å². The number of benzene rings is 1. The largest absolute Gasteiger partial charge is 0.497 e. The number of likely N-dealkylation sites (tertiary alicyclic amines) is 1. The lowest BCUT2D eigenvalue weighted by Gasteiger charge is -2.70. The molecule has 15 atom stereocenters. The number of hydrogen-bond acceptors (Lipinski definition) is 12. The van der Waals surface area contributed by atoms with E-state index in [1.165, 1.54) is 7.11 Å². The van der Waals surface area contributed by atoms with Crippen molar-refractivity contribution in [2.45, 2.75) is 80.6 Å². The van der Waals surface area contributed by atoms with Gasteiger partial charge < -0.3 is 48.5 Å². The zero-order chi connectivity index (χ0) is 33.7. The monoisotopic (exact) mass is 661 g/mol. The van der Waals surface area contributed by atoms with Crippen molar-refractivity contribution < 1.29 is 53.3 Å². The van der Waals surface area contributed by atoms with Crippen LogP contribution in [0.3, 0.4) is 0 Å². The van der Waals surface area contributed by atoms with E-state index in [2.05, 4.69) is 11.8 Å². The molecule has 6 aliphatic rings. The van der Waals surface area contributed by atoms with Crippen LogP contribution in [-0.2, 0) is 28.4 Å². The summed E-state index contributed by atoms with van der Waals surface area (Å²) in [6.45, 7) is 5.81. The van der Waals surface area contributed by atoms with Crippen LogP contribution in [-0.4, -0.2) is 142 Å². The summed E-state index contributed by atoms with van der Waals surface area (Å²) in [6, 6.07) is 6.45. The number of nitrogens with zero attached hydrogens (tertiary/aromatic N) is 1. The number of hydrogen-bond donors (Lipinski definition) is 3. The molecule has 47 heavy (non-hydrogen) atoms. The third kappa shape index (κ3) is 3.88. The molecule has 1 aliphatic heterocycles. The molecule has 0 aromatic heterocycles. The summed E-state index contributed by atoms with van der Waals surface area (Å²) in [5.41, 5.74) is -4.16. The van der Waals surface area contributed by atoms with Gasteiger partial charge in [-0.15, -0.1) is 0 Å². The van der Waals surface area contributed by atoms with Crippen LogP contribution in [0, 0.1) is 34.5 Å². The number of aliphatic hydroxyl groups excluding tert-OH is 2. The summed E-state index contributed by atoms with van der Waals surface area (Å²) < 4.78 is 43.5. The van der Waals surface area contributed by atoms with Gasteiger partial charge in [0.05, 0.1) is 37.6 Å². The number of aliphatic hydroxyl groups is 3. The number of carbonyl (C=O) groups excluding carboxylic acids is 1. The van der Waals surface area contributed by atoms with Crippen LogP contribution in [0.1, 0.15) is 37.0 Å². The number of esters is 1. The van der Waals surface area contributed by atoms with E-state index in [0.29, 0.717) is 37.4 Å². The Hall–Kier alpha value is -1.87. The minimum absolute atomic E-state index is 0.176. The van der Waals surface area contributed by atoms with Gasteiger partial charge in [-0.1, -0.05) is 6.92 Å². The highest BCUT2D eigenvalue weighted by molar-refractivity contribution is 5.89. The van der Waals surface area contributed by atoms with Crippen LogP contribution in [0.5, 0.6) is 5.75 Å². The lowest BCUT2D eigenvalue weighted by Crippen LogP contribution is -2.81. The van der Waals surface area contributed by atoms with E-state index in [9.17, 15) is 20.1 Å². The standard InChI is InChI=1S/C35H51NO11/c1-8-36-16-32(17-41-3)21(37)14-22(43-5)34-20-15-33(40)29(47-31(39)18-10-12-19(42-4)13-11-18)23(20)35(46-9-2,28(38)30(33)45-7)24(27(34)36)25(44-6)26(32)34/h10-13,20-30,37-38,40H,8-9,14-17H2,1-7H3/t20-,21?,22?,23-,24?,25?,26-,27-,28?,29?,30+,32?,33-,34?,35-/m1/s1. The van der Waals surface area contributed by atoms with Crippen LogP contribution >= 0.6 is 0 Å². The fraction of sp³-hybridized carbons (Fsp3) is 0.800. The van der Waals surface area contributed by atoms with Crippen molar-refractivity contribution in [1.29, 1.82) is 0 Å². The summed E-state index contributed by atoms with van der Waals surface area (Å²) in [5.74, 6) is -1.71. The Balaban J connectivity index is 1.48. The van der Waals surface area contributed by atoms with Crippen molar-refractivity contribution in [1.82, 2.24) is 4.90 Å². The van der Waals surface area contributed by atoms with Gasteiger partial charge in [-0.05, 0) is 50.1 Å². The van der Waals surface area contributed by atoms with E-state index in [-0.39, 0.29) is 30.9 Å². The quantitative estimate of drug-likeness (QED) is 0.293. The van der Waals surface area contributed by atoms with E-state index >= 15 is 0 Å². The number of piperidine rings is 1. The molecular weight excluding hydrogens is 610 g/mol. The molecule has 7 rings (SSSR count). The fourth-order valence-electron chi connectivity index (χ4n) is 12.5. The molecule has 3 N–H and O–H groups in total. The van der Waals surface area contributed by atoms with Gasteiger partial charge in [0, 0.05) is 82.6 Å². The fourth-order valence-corrected chi connectivity index (χ4v) is 12.5. The van der Waals surface area contributed by atoms with Gasteiger partial charge in [0.1, 0.15) is 35.3 Å². The number of carbonyl (C=O) groups is 1. The zero-order valence-electron chi connectivity index (χ0n) is 28.5. The Morgan fingerprint density at radius 1 is 0.979 bits per heavy atom. The first kappa shape index (κ1) is 33.6. The van der Waals surface area contributed by atoms with Gasteiger partial charge in [-0.3, -0.25) is 4.90 Å². The molecule has 7 bridgehead atoms. The second-order valence-electron chi connectivity index (χ2n) is 14.6. The van der Waals surface area contributed by atoms with Crippen molar-refractivity contribution >= 4 is 5.97 Å². The Morgan fingerprint density at radius 3 is 2.28 bits per heavy atom. The van der Waals surface area contributed by atoms with E-state index in [0.717, 1.165) is 0 Å². The smallest absolute Gasteiger partial charge is 0.338 e. The number of rotatable bonds is 11. The van der Waals surface area contributed by atoms with Crippen molar-refractivity contribution in [3.05, 3.63) is 29.8 Å². The number of methoxy groups -OCH3 is 5. The summed E-state index contributed by atoms with van der Waals surface area (Å²) in [5, 5.41) is 37.5. The van der Waals surface area contributed by atoms with Crippen LogP contribution in [0.4, 0.5) is 0 Å². The van der Waals surface area contributed by atoms with Gasteiger partial charge in [-0.25, -0.2) is 4.79 Å². The molecule has 1 heterocycles. The van der Waals surface area contributed by atoms with Crippen LogP contribution in [0.15, 0.2) is 24.3 Å². The molecule has 0 amide bonds. The first-order valence-electron chi connectivity index (χ1n) is 17.0. The topological polar surface area (TPSA) is 146 Å². The molecule has 8 unspecified atom stereocenters. The lowest BCUT2D eigenvalue weighted by atomic mass is 9.42. The van der Waals surface area contributed by atoms with Crippen molar-refractivity contribution in [2.24, 2.45) is 34.5 Å². The SMILES string of the molecule is CCO[C@@]12C3C(OC)[C@@H]4C5(COC)CN(CC)[C@H]3C4(C(OC)CC5O)[C@@H]3C[C@@](O)(C(OC(=O)c4ccc(OC)cc4)[C@@H]31)[C@@H](OC)C2O. The molecule has 5 aliphatic carbocycles. The average Bonchev–Trinajstić information content (AvgIpc) is 3.44. The maximum absolute atomic E-state index is 13.9. The maximum atomic E-state index is 13.9. The molecule has 1 aromatic carbocycles. The molecule has 1 spiro atoms. The average molecular weight is 662 g/mol. The second kappa shape index (κ2) is 11.6. The van der Waals surface area contributed by atoms with Gasteiger partial charge in [0.2, 0.25) is 0 Å². The molecular formula is C35H51NO11. The van der Waals surface area contributed by atoms with Gasteiger partial charge in [-0.2, -0.15) is 0 Å². The van der Waals surface area contributed by atoms with Gasteiger partial charge >= 0.3 is 5.97 Å². The Labute approximate surface area is 276 Å². The molecule has 0 radical (unpaired) electrons. The molecule has 1 saturated heterocycles. The van der Waals surface area contributed by atoms with E-state index in [1.807, 2.05) is 6.92 Å². The predicted octanol–water partition coefficient (Wildman–Crippen LogP) is 1.13. The summed E-state index contributed by atoms with van der Waals surface area (Å²) in [6.07, 6.45) is -4.56. The first-order chi connectivity index (χ1) is 22.6. The van der Waals surface area contributed by atoms with Crippen LogP contribution in [0.2, 0.25) is 0 Å².